The highest BCUT2D eigenvalue weighted by atomic mass is 79.9. The second-order valence-electron chi connectivity index (χ2n) is 3.65. The molecule has 0 atom stereocenters. The van der Waals surface area contributed by atoms with Crippen LogP contribution in [0.5, 0.6) is 0 Å². The molecule has 0 fully saturated rings. The molecule has 0 N–H and O–H groups in total. The average Bonchev–Trinajstić information content (AvgIpc) is 2.62. The summed E-state index contributed by atoms with van der Waals surface area (Å²) in [5, 5.41) is 0.123. The molecule has 2 rings (SSSR count). The Morgan fingerprint density at radius 3 is 2.50 bits per heavy atom. The molecule has 1 heterocycles. The van der Waals surface area contributed by atoms with Crippen molar-refractivity contribution in [2.75, 3.05) is 0 Å². The van der Waals surface area contributed by atoms with E-state index in [1.165, 1.54) is 23.5 Å². The maximum atomic E-state index is 13.3. The first-order valence-electron chi connectivity index (χ1n) is 4.85. The summed E-state index contributed by atoms with van der Waals surface area (Å²) in [6.07, 6.45) is 0. The third kappa shape index (κ3) is 2.69. The standard InChI is InChI=1S/C12H6Br2ClFOS/c1-5-2-6(8(15)4-9(5)16)11(17)7-3-10(13)18-12(7)14/h2-4H,1H3. The van der Waals surface area contributed by atoms with E-state index < -0.39 is 5.82 Å². The Morgan fingerprint density at radius 1 is 1.28 bits per heavy atom. The summed E-state index contributed by atoms with van der Waals surface area (Å²) in [5.41, 5.74) is 1.22. The highest BCUT2D eigenvalue weighted by Crippen LogP contribution is 2.34. The molecule has 0 unspecified atom stereocenters. The zero-order chi connectivity index (χ0) is 13.4. The Kier molecular flexibility index (Phi) is 4.26. The first-order valence-corrected chi connectivity index (χ1v) is 7.63. The molecule has 0 spiro atoms. The Hall–Kier alpha value is -0.230. The second kappa shape index (κ2) is 5.41. The minimum atomic E-state index is -0.415. The highest BCUT2D eigenvalue weighted by molar-refractivity contribution is 9.12. The van der Waals surface area contributed by atoms with Crippen LogP contribution in [0.2, 0.25) is 5.02 Å². The summed E-state index contributed by atoms with van der Waals surface area (Å²) in [5.74, 6) is -0.640. The number of hydrogen-bond donors (Lipinski definition) is 0. The van der Waals surface area contributed by atoms with Gasteiger partial charge in [-0.25, -0.2) is 4.39 Å². The van der Waals surface area contributed by atoms with Gasteiger partial charge in [-0.05, 0) is 62.5 Å². The van der Waals surface area contributed by atoms with E-state index >= 15 is 0 Å². The molecule has 0 saturated heterocycles. The van der Waals surface area contributed by atoms with Crippen LogP contribution < -0.4 is 0 Å². The van der Waals surface area contributed by atoms with Crippen LogP contribution in [-0.4, -0.2) is 5.78 Å². The topological polar surface area (TPSA) is 17.1 Å². The lowest BCUT2D eigenvalue weighted by molar-refractivity contribution is 0.103. The van der Waals surface area contributed by atoms with Crippen LogP contribution in [0, 0.1) is 12.7 Å². The molecule has 0 aliphatic heterocycles. The summed E-state index contributed by atoms with van der Waals surface area (Å²) in [6, 6.07) is 4.35. The SMILES string of the molecule is Cc1cc(C(=O)c2cc(Br)sc2Br)c(Cl)cc1F. The fourth-order valence-corrected chi connectivity index (χ4v) is 4.50. The van der Waals surface area contributed by atoms with E-state index in [9.17, 15) is 9.18 Å². The van der Waals surface area contributed by atoms with Gasteiger partial charge in [-0.15, -0.1) is 11.3 Å². The van der Waals surface area contributed by atoms with Crippen molar-refractivity contribution in [3.63, 3.8) is 0 Å². The van der Waals surface area contributed by atoms with Crippen molar-refractivity contribution in [3.05, 3.63) is 53.3 Å². The van der Waals surface area contributed by atoms with Crippen molar-refractivity contribution in [1.29, 1.82) is 0 Å². The number of halogens is 4. The summed E-state index contributed by atoms with van der Waals surface area (Å²) >= 11 is 14.0. The van der Waals surface area contributed by atoms with Gasteiger partial charge in [0.05, 0.1) is 12.6 Å². The number of hydrogen-bond acceptors (Lipinski definition) is 2. The van der Waals surface area contributed by atoms with Crippen molar-refractivity contribution in [2.24, 2.45) is 0 Å². The van der Waals surface area contributed by atoms with Gasteiger partial charge < -0.3 is 0 Å². The van der Waals surface area contributed by atoms with E-state index in [2.05, 4.69) is 31.9 Å². The maximum Gasteiger partial charge on any atom is 0.196 e. The molecule has 0 aliphatic carbocycles. The van der Waals surface area contributed by atoms with Crippen LogP contribution in [0.1, 0.15) is 21.5 Å². The molecule has 0 aliphatic rings. The van der Waals surface area contributed by atoms with Gasteiger partial charge in [-0.1, -0.05) is 11.6 Å². The van der Waals surface area contributed by atoms with Crippen LogP contribution in [0.25, 0.3) is 0 Å². The van der Waals surface area contributed by atoms with Crippen molar-refractivity contribution in [2.45, 2.75) is 6.92 Å². The lowest BCUT2D eigenvalue weighted by Crippen LogP contribution is -2.03. The third-order valence-electron chi connectivity index (χ3n) is 2.39. The van der Waals surface area contributed by atoms with Crippen molar-refractivity contribution >= 4 is 60.6 Å². The number of carbonyl (C=O) groups excluding carboxylic acids is 1. The van der Waals surface area contributed by atoms with Crippen LogP contribution in [-0.2, 0) is 0 Å². The molecular weight excluding hydrogens is 406 g/mol. The molecule has 18 heavy (non-hydrogen) atoms. The average molecular weight is 413 g/mol. The van der Waals surface area contributed by atoms with E-state index in [1.54, 1.807) is 13.0 Å². The molecule has 2 aromatic rings. The molecule has 0 amide bonds. The van der Waals surface area contributed by atoms with Gasteiger partial charge in [0.2, 0.25) is 0 Å². The normalized spacial score (nSPS) is 10.7. The van der Waals surface area contributed by atoms with Gasteiger partial charge in [0.1, 0.15) is 5.82 Å². The highest BCUT2D eigenvalue weighted by Gasteiger charge is 2.19. The van der Waals surface area contributed by atoms with Crippen LogP contribution in [0.3, 0.4) is 0 Å². The molecule has 0 bridgehead atoms. The van der Waals surface area contributed by atoms with E-state index in [-0.39, 0.29) is 10.8 Å². The van der Waals surface area contributed by atoms with Gasteiger partial charge >= 0.3 is 0 Å². The van der Waals surface area contributed by atoms with Crippen LogP contribution in [0.15, 0.2) is 25.8 Å². The molecule has 1 aromatic carbocycles. The lowest BCUT2D eigenvalue weighted by atomic mass is 10.0. The number of carbonyl (C=O) groups is 1. The van der Waals surface area contributed by atoms with Crippen LogP contribution >= 0.6 is 54.8 Å². The largest absolute Gasteiger partial charge is 0.288 e. The van der Waals surface area contributed by atoms with Crippen molar-refractivity contribution in [1.82, 2.24) is 0 Å². The van der Waals surface area contributed by atoms with E-state index in [4.69, 9.17) is 11.6 Å². The molecule has 1 aromatic heterocycles. The molecule has 0 radical (unpaired) electrons. The van der Waals surface area contributed by atoms with Crippen molar-refractivity contribution in [3.8, 4) is 0 Å². The zero-order valence-electron chi connectivity index (χ0n) is 9.06. The lowest BCUT2D eigenvalue weighted by Gasteiger charge is -2.05. The maximum absolute atomic E-state index is 13.3. The van der Waals surface area contributed by atoms with Gasteiger partial charge in [-0.2, -0.15) is 0 Å². The minimum Gasteiger partial charge on any atom is -0.288 e. The Morgan fingerprint density at radius 2 is 1.94 bits per heavy atom. The number of thiophene rings is 1. The van der Waals surface area contributed by atoms with Gasteiger partial charge in [0.15, 0.2) is 5.78 Å². The Labute approximate surface area is 129 Å². The fourth-order valence-electron chi connectivity index (χ4n) is 1.47. The monoisotopic (exact) mass is 410 g/mol. The van der Waals surface area contributed by atoms with Gasteiger partial charge in [0, 0.05) is 11.1 Å². The van der Waals surface area contributed by atoms with E-state index in [1.807, 2.05) is 0 Å². The third-order valence-corrected chi connectivity index (χ3v) is 5.05. The predicted molar refractivity (Wildman–Crippen MR) is 79.3 cm³/mol. The molecule has 0 saturated carbocycles. The summed E-state index contributed by atoms with van der Waals surface area (Å²) < 4.78 is 14.9. The summed E-state index contributed by atoms with van der Waals surface area (Å²) in [7, 11) is 0. The Balaban J connectivity index is 2.53. The molecule has 6 heteroatoms. The number of benzene rings is 1. The Bertz CT molecular complexity index is 639. The minimum absolute atomic E-state index is 0.123. The smallest absolute Gasteiger partial charge is 0.196 e. The van der Waals surface area contributed by atoms with Gasteiger partial charge in [0.25, 0.3) is 0 Å². The van der Waals surface area contributed by atoms with E-state index in [0.717, 1.165) is 7.57 Å². The van der Waals surface area contributed by atoms with E-state index in [0.29, 0.717) is 16.7 Å². The summed E-state index contributed by atoms with van der Waals surface area (Å²) in [4.78, 5) is 12.3. The van der Waals surface area contributed by atoms with Crippen molar-refractivity contribution < 1.29 is 9.18 Å². The second-order valence-corrected chi connectivity index (χ2v) is 7.80. The van der Waals surface area contributed by atoms with Gasteiger partial charge in [-0.3, -0.25) is 4.79 Å². The summed E-state index contributed by atoms with van der Waals surface area (Å²) in [6.45, 7) is 1.60. The molecule has 94 valence electrons. The van der Waals surface area contributed by atoms with Crippen LogP contribution in [0.4, 0.5) is 4.39 Å². The number of rotatable bonds is 2. The first kappa shape index (κ1) is 14.2. The number of aryl methyl sites for hydroxylation is 1. The first-order chi connectivity index (χ1) is 8.40. The molecular formula is C12H6Br2ClFOS. The quantitative estimate of drug-likeness (QED) is 0.587. The predicted octanol–water partition coefficient (Wildman–Crippen LogP) is 5.61. The zero-order valence-corrected chi connectivity index (χ0v) is 13.8. The number of ketones is 1. The molecule has 1 nitrogen and oxygen atoms in total. The fraction of sp³-hybridized carbons (Fsp3) is 0.0833.